The second-order valence-corrected chi connectivity index (χ2v) is 5.57. The van der Waals surface area contributed by atoms with E-state index < -0.39 is 0 Å². The lowest BCUT2D eigenvalue weighted by Crippen LogP contribution is -2.28. The van der Waals surface area contributed by atoms with Gasteiger partial charge >= 0.3 is 5.97 Å². The van der Waals surface area contributed by atoms with Crippen LogP contribution in [0.4, 0.5) is 0 Å². The van der Waals surface area contributed by atoms with Crippen LogP contribution in [0, 0.1) is 11.8 Å². The highest BCUT2D eigenvalue weighted by atomic mass is 16.5. The molecule has 1 aliphatic rings. The maximum Gasteiger partial charge on any atom is 0.309 e. The Balaban J connectivity index is 1.81. The molecule has 0 aliphatic carbocycles. The van der Waals surface area contributed by atoms with E-state index in [2.05, 4.69) is 29.2 Å². The van der Waals surface area contributed by atoms with Crippen LogP contribution in [-0.4, -0.2) is 37.6 Å². The van der Waals surface area contributed by atoms with Crippen LogP contribution in [0.25, 0.3) is 0 Å². The van der Waals surface area contributed by atoms with Crippen molar-refractivity contribution in [1.82, 2.24) is 4.90 Å². The maximum atomic E-state index is 11.6. The highest BCUT2D eigenvalue weighted by Crippen LogP contribution is 2.25. The van der Waals surface area contributed by atoms with Gasteiger partial charge in [-0.2, -0.15) is 0 Å². The molecule has 110 valence electrons. The molecule has 4 heteroatoms. The van der Waals surface area contributed by atoms with Crippen LogP contribution >= 0.6 is 0 Å². The number of hydrogen-bond acceptors (Lipinski definition) is 4. The first-order valence-corrected chi connectivity index (χ1v) is 7.27. The van der Waals surface area contributed by atoms with Crippen LogP contribution in [0.3, 0.4) is 0 Å². The summed E-state index contributed by atoms with van der Waals surface area (Å²) >= 11 is 0. The van der Waals surface area contributed by atoms with Crippen molar-refractivity contribution in [2.45, 2.75) is 19.4 Å². The minimum Gasteiger partial charge on any atom is -0.469 e. The molecule has 1 aliphatic heterocycles. The van der Waals surface area contributed by atoms with Gasteiger partial charge in [-0.3, -0.25) is 9.69 Å². The summed E-state index contributed by atoms with van der Waals surface area (Å²) < 4.78 is 4.80. The molecule has 0 amide bonds. The molecular formula is C16H24N2O2. The lowest BCUT2D eigenvalue weighted by atomic mass is 9.94. The molecule has 2 rings (SSSR count). The van der Waals surface area contributed by atoms with Gasteiger partial charge in [-0.15, -0.1) is 0 Å². The number of nitrogens with two attached hydrogens (primary N) is 1. The summed E-state index contributed by atoms with van der Waals surface area (Å²) in [6, 6.07) is 10.5. The van der Waals surface area contributed by atoms with Crippen molar-refractivity contribution < 1.29 is 9.53 Å². The predicted molar refractivity (Wildman–Crippen MR) is 79.0 cm³/mol. The van der Waals surface area contributed by atoms with E-state index in [4.69, 9.17) is 10.5 Å². The highest BCUT2D eigenvalue weighted by Gasteiger charge is 2.28. The van der Waals surface area contributed by atoms with Crippen LogP contribution in [0.15, 0.2) is 30.3 Å². The number of carbonyl (C=O) groups is 1. The molecule has 0 aromatic heterocycles. The molecule has 0 bridgehead atoms. The summed E-state index contributed by atoms with van der Waals surface area (Å²) in [4.78, 5) is 14.0. The Morgan fingerprint density at radius 1 is 1.45 bits per heavy atom. The molecule has 1 heterocycles. The molecule has 1 saturated heterocycles. The number of hydrogen-bond donors (Lipinski definition) is 1. The maximum absolute atomic E-state index is 11.6. The highest BCUT2D eigenvalue weighted by molar-refractivity contribution is 5.72. The Bertz CT molecular complexity index is 422. The van der Waals surface area contributed by atoms with Gasteiger partial charge in [-0.25, -0.2) is 0 Å². The molecule has 2 N–H and O–H groups in total. The molecule has 20 heavy (non-hydrogen) atoms. The Labute approximate surface area is 120 Å². The third kappa shape index (κ3) is 4.05. The lowest BCUT2D eigenvalue weighted by Gasteiger charge is -2.18. The topological polar surface area (TPSA) is 55.6 Å². The van der Waals surface area contributed by atoms with Crippen LogP contribution < -0.4 is 5.73 Å². The van der Waals surface area contributed by atoms with Crippen molar-refractivity contribution in [3.63, 3.8) is 0 Å². The van der Waals surface area contributed by atoms with Gasteiger partial charge in [0.1, 0.15) is 0 Å². The van der Waals surface area contributed by atoms with Crippen LogP contribution in [0.2, 0.25) is 0 Å². The molecule has 2 unspecified atom stereocenters. The fraction of sp³-hybridized carbons (Fsp3) is 0.562. The monoisotopic (exact) mass is 276 g/mol. The Kier molecular flexibility index (Phi) is 5.56. The predicted octanol–water partition coefficient (Wildman–Crippen LogP) is 1.65. The number of ether oxygens (including phenoxy) is 1. The van der Waals surface area contributed by atoms with Crippen LogP contribution in [0.1, 0.15) is 18.4 Å². The largest absolute Gasteiger partial charge is 0.469 e. The molecular weight excluding hydrogens is 252 g/mol. The first-order chi connectivity index (χ1) is 9.72. The van der Waals surface area contributed by atoms with Crippen molar-refractivity contribution in [2.24, 2.45) is 17.6 Å². The van der Waals surface area contributed by atoms with Crippen molar-refractivity contribution in [2.75, 3.05) is 26.7 Å². The number of methoxy groups -OCH3 is 1. The van der Waals surface area contributed by atoms with E-state index in [1.54, 1.807) is 0 Å². The van der Waals surface area contributed by atoms with E-state index in [9.17, 15) is 4.79 Å². The summed E-state index contributed by atoms with van der Waals surface area (Å²) in [5, 5.41) is 0. The molecule has 1 fully saturated rings. The van der Waals surface area contributed by atoms with Crippen molar-refractivity contribution >= 4 is 5.97 Å². The van der Waals surface area contributed by atoms with Gasteiger partial charge in [0, 0.05) is 19.6 Å². The lowest BCUT2D eigenvalue weighted by molar-refractivity contribution is -0.145. The van der Waals surface area contributed by atoms with Crippen molar-refractivity contribution in [3.05, 3.63) is 35.9 Å². The van der Waals surface area contributed by atoms with Crippen LogP contribution in [-0.2, 0) is 16.1 Å². The standard InChI is InChI=1S/C16H24N2O2/c1-20-16(19)15(10-17)9-14-7-8-18(12-14)11-13-5-3-2-4-6-13/h2-6,14-15H,7-12,17H2,1H3. The minimum absolute atomic E-state index is 0.151. The number of rotatable bonds is 6. The van der Waals surface area contributed by atoms with Gasteiger partial charge in [-0.1, -0.05) is 30.3 Å². The Morgan fingerprint density at radius 3 is 2.85 bits per heavy atom. The van der Waals surface area contributed by atoms with E-state index in [-0.39, 0.29) is 11.9 Å². The zero-order chi connectivity index (χ0) is 14.4. The van der Waals surface area contributed by atoms with Gasteiger partial charge in [0.05, 0.1) is 13.0 Å². The van der Waals surface area contributed by atoms with Gasteiger partial charge in [0.15, 0.2) is 0 Å². The molecule has 0 radical (unpaired) electrons. The van der Waals surface area contributed by atoms with E-state index in [0.717, 1.165) is 32.5 Å². The molecule has 4 nitrogen and oxygen atoms in total. The zero-order valence-corrected chi connectivity index (χ0v) is 12.1. The summed E-state index contributed by atoms with van der Waals surface area (Å²) in [6.07, 6.45) is 1.98. The first-order valence-electron chi connectivity index (χ1n) is 7.27. The zero-order valence-electron chi connectivity index (χ0n) is 12.1. The fourth-order valence-electron chi connectivity index (χ4n) is 2.95. The normalized spacial score (nSPS) is 20.8. The molecule has 1 aromatic rings. The molecule has 0 saturated carbocycles. The Morgan fingerprint density at radius 2 is 2.20 bits per heavy atom. The minimum atomic E-state index is -0.172. The van der Waals surface area contributed by atoms with Crippen molar-refractivity contribution in [1.29, 1.82) is 0 Å². The van der Waals surface area contributed by atoms with E-state index >= 15 is 0 Å². The third-order valence-corrected chi connectivity index (χ3v) is 4.06. The molecule has 0 spiro atoms. The summed E-state index contributed by atoms with van der Waals surface area (Å²) in [5.41, 5.74) is 7.02. The number of nitrogens with zero attached hydrogens (tertiary/aromatic N) is 1. The van der Waals surface area contributed by atoms with Gasteiger partial charge in [-0.05, 0) is 30.9 Å². The Hall–Kier alpha value is -1.39. The van der Waals surface area contributed by atoms with Gasteiger partial charge in [0.25, 0.3) is 0 Å². The third-order valence-electron chi connectivity index (χ3n) is 4.06. The molecule has 1 aromatic carbocycles. The van der Waals surface area contributed by atoms with E-state index in [1.165, 1.54) is 12.7 Å². The first kappa shape index (κ1) is 15.0. The fourth-order valence-corrected chi connectivity index (χ4v) is 2.95. The summed E-state index contributed by atoms with van der Waals surface area (Å²) in [7, 11) is 1.43. The van der Waals surface area contributed by atoms with E-state index in [0.29, 0.717) is 12.5 Å². The number of esters is 1. The summed E-state index contributed by atoms with van der Waals surface area (Å²) in [6.45, 7) is 3.51. The smallest absolute Gasteiger partial charge is 0.309 e. The van der Waals surface area contributed by atoms with Gasteiger partial charge in [0.2, 0.25) is 0 Å². The average Bonchev–Trinajstić information content (AvgIpc) is 2.92. The SMILES string of the molecule is COC(=O)C(CN)CC1CCN(Cc2ccccc2)C1. The number of likely N-dealkylation sites (tertiary alicyclic amines) is 1. The number of benzene rings is 1. The average molecular weight is 276 g/mol. The second kappa shape index (κ2) is 7.41. The molecule has 2 atom stereocenters. The van der Waals surface area contributed by atoms with E-state index in [1.807, 2.05) is 6.07 Å². The number of carbonyl (C=O) groups excluding carboxylic acids is 1. The summed E-state index contributed by atoms with van der Waals surface area (Å²) in [5.74, 6) is 0.224. The van der Waals surface area contributed by atoms with Gasteiger partial charge < -0.3 is 10.5 Å². The van der Waals surface area contributed by atoms with Crippen LogP contribution in [0.5, 0.6) is 0 Å². The van der Waals surface area contributed by atoms with Crippen molar-refractivity contribution in [3.8, 4) is 0 Å². The second-order valence-electron chi connectivity index (χ2n) is 5.57. The quantitative estimate of drug-likeness (QED) is 0.803.